The van der Waals surface area contributed by atoms with E-state index in [1.807, 2.05) is 37.3 Å². The molecule has 2 saturated heterocycles. The molecule has 1 unspecified atom stereocenters. The van der Waals surface area contributed by atoms with Crippen LogP contribution in [0.1, 0.15) is 58.9 Å². The first-order chi connectivity index (χ1) is 14.9. The van der Waals surface area contributed by atoms with E-state index in [1.54, 1.807) is 6.08 Å². The summed E-state index contributed by atoms with van der Waals surface area (Å²) in [5.41, 5.74) is 0.330. The quantitative estimate of drug-likeness (QED) is 0.483. The second kappa shape index (κ2) is 8.78. The Morgan fingerprint density at radius 1 is 1.19 bits per heavy atom. The van der Waals surface area contributed by atoms with Gasteiger partial charge >= 0.3 is 11.9 Å². The second-order valence-corrected chi connectivity index (χ2v) is 9.68. The third-order valence-electron chi connectivity index (χ3n) is 7.61. The summed E-state index contributed by atoms with van der Waals surface area (Å²) in [4.78, 5) is 25.0. The molecule has 0 spiro atoms. The topological polar surface area (TPSA) is 61.8 Å². The highest BCUT2D eigenvalue weighted by atomic mass is 16.6. The Kier molecular flexibility index (Phi) is 6.25. The molecule has 1 aliphatic carbocycles. The van der Waals surface area contributed by atoms with Gasteiger partial charge in [0, 0.05) is 24.8 Å². The summed E-state index contributed by atoms with van der Waals surface area (Å²) in [6.45, 7) is 8.28. The molecule has 31 heavy (non-hydrogen) atoms. The van der Waals surface area contributed by atoms with Crippen molar-refractivity contribution < 1.29 is 23.8 Å². The van der Waals surface area contributed by atoms with Crippen LogP contribution in [0.2, 0.25) is 0 Å². The lowest BCUT2D eigenvalue weighted by Crippen LogP contribution is -2.58. The van der Waals surface area contributed by atoms with Gasteiger partial charge in [0.05, 0.1) is 6.10 Å². The molecule has 3 aliphatic rings. The normalized spacial score (nSPS) is 36.5. The van der Waals surface area contributed by atoms with E-state index in [-0.39, 0.29) is 48.0 Å². The lowest BCUT2D eigenvalue weighted by Gasteiger charge is -2.49. The van der Waals surface area contributed by atoms with Crippen LogP contribution in [0.3, 0.4) is 0 Å². The average Bonchev–Trinajstić information content (AvgIpc) is 3.30. The largest absolute Gasteiger partial charge is 0.459 e. The first-order valence-corrected chi connectivity index (χ1v) is 11.7. The molecule has 168 valence electrons. The van der Waals surface area contributed by atoms with E-state index in [9.17, 15) is 9.59 Å². The van der Waals surface area contributed by atoms with Crippen molar-refractivity contribution in [3.05, 3.63) is 42.0 Å². The van der Waals surface area contributed by atoms with Crippen LogP contribution in [0.5, 0.6) is 0 Å². The van der Waals surface area contributed by atoms with E-state index >= 15 is 0 Å². The molecule has 5 heteroatoms. The predicted octanol–water partition coefficient (Wildman–Crippen LogP) is 4.79. The second-order valence-electron chi connectivity index (χ2n) is 9.68. The Morgan fingerprint density at radius 2 is 1.94 bits per heavy atom. The highest BCUT2D eigenvalue weighted by Gasteiger charge is 2.67. The molecule has 3 fully saturated rings. The summed E-state index contributed by atoms with van der Waals surface area (Å²) in [6, 6.07) is 9.73. The summed E-state index contributed by atoms with van der Waals surface area (Å²) in [6.07, 6.45) is 5.60. The number of hydrogen-bond acceptors (Lipinski definition) is 5. The molecule has 7 atom stereocenters. The van der Waals surface area contributed by atoms with Gasteiger partial charge < -0.3 is 14.2 Å². The van der Waals surface area contributed by atoms with Gasteiger partial charge in [-0.1, -0.05) is 58.0 Å². The van der Waals surface area contributed by atoms with Crippen LogP contribution in [0, 0.1) is 23.7 Å². The van der Waals surface area contributed by atoms with Gasteiger partial charge in [-0.3, -0.25) is 4.79 Å². The van der Waals surface area contributed by atoms with E-state index in [0.717, 1.165) is 18.4 Å². The monoisotopic (exact) mass is 426 g/mol. The Bertz CT molecular complexity index is 831. The predicted molar refractivity (Wildman–Crippen MR) is 118 cm³/mol. The average molecular weight is 427 g/mol. The fourth-order valence-corrected chi connectivity index (χ4v) is 5.98. The fourth-order valence-electron chi connectivity index (χ4n) is 5.98. The van der Waals surface area contributed by atoms with Crippen molar-refractivity contribution in [3.8, 4) is 0 Å². The maximum Gasteiger partial charge on any atom is 0.331 e. The smallest absolute Gasteiger partial charge is 0.331 e. The number of esters is 2. The lowest BCUT2D eigenvalue weighted by atomic mass is 9.72. The van der Waals surface area contributed by atoms with Gasteiger partial charge in [-0.05, 0) is 42.2 Å². The molecule has 4 rings (SSSR count). The van der Waals surface area contributed by atoms with E-state index < -0.39 is 5.60 Å². The van der Waals surface area contributed by atoms with Crippen LogP contribution in [0.25, 0.3) is 6.08 Å². The van der Waals surface area contributed by atoms with Gasteiger partial charge in [0.25, 0.3) is 0 Å². The van der Waals surface area contributed by atoms with E-state index in [4.69, 9.17) is 14.2 Å². The third kappa shape index (κ3) is 4.05. The van der Waals surface area contributed by atoms with Crippen molar-refractivity contribution in [2.75, 3.05) is 0 Å². The zero-order chi connectivity index (χ0) is 22.2. The van der Waals surface area contributed by atoms with E-state index in [2.05, 4.69) is 20.8 Å². The summed E-state index contributed by atoms with van der Waals surface area (Å²) in [7, 11) is 0. The molecule has 2 heterocycles. The number of carbonyl (C=O) groups is 2. The van der Waals surface area contributed by atoms with E-state index in [1.165, 1.54) is 6.08 Å². The van der Waals surface area contributed by atoms with Crippen LogP contribution in [-0.2, 0) is 23.8 Å². The molecule has 2 aliphatic heterocycles. The highest BCUT2D eigenvalue weighted by Crippen LogP contribution is 2.58. The number of benzene rings is 1. The van der Waals surface area contributed by atoms with E-state index in [0.29, 0.717) is 18.8 Å². The Labute approximate surface area is 185 Å². The number of ether oxygens (including phenoxy) is 3. The molecule has 0 radical (unpaired) electrons. The van der Waals surface area contributed by atoms with Crippen LogP contribution >= 0.6 is 0 Å². The summed E-state index contributed by atoms with van der Waals surface area (Å²) in [5, 5.41) is 0. The maximum atomic E-state index is 12.9. The molecule has 1 aromatic rings. The first-order valence-electron chi connectivity index (χ1n) is 11.7. The molecule has 2 bridgehead atoms. The summed E-state index contributed by atoms with van der Waals surface area (Å²) < 4.78 is 18.7. The minimum Gasteiger partial charge on any atom is -0.459 e. The number of hydrogen-bond donors (Lipinski definition) is 0. The van der Waals surface area contributed by atoms with Crippen molar-refractivity contribution in [2.45, 2.75) is 77.3 Å². The standard InChI is InChI=1S/C26H34O5/c1-5-21(27)29-20-15-26(16(2)3)25(23-17(4)11-13-19(23)24(20)31-26)30-22(28)14-12-18-9-7-6-8-10-18/h6-10,12,14,16-17,19-20,23-25H,5,11,13,15H2,1-4H3/b14-12+/t17-,19-,20-,23-,24?,25+,26-/m1/s1. The van der Waals surface area contributed by atoms with Gasteiger partial charge in [0.15, 0.2) is 0 Å². The molecule has 0 aromatic heterocycles. The molecule has 1 aromatic carbocycles. The van der Waals surface area contributed by atoms with Crippen LogP contribution < -0.4 is 0 Å². The van der Waals surface area contributed by atoms with Gasteiger partial charge in [0.2, 0.25) is 0 Å². The van der Waals surface area contributed by atoms with Crippen LogP contribution in [0.4, 0.5) is 0 Å². The van der Waals surface area contributed by atoms with Gasteiger partial charge in [-0.15, -0.1) is 0 Å². The molecular formula is C26H34O5. The van der Waals surface area contributed by atoms with Crippen LogP contribution in [0.15, 0.2) is 36.4 Å². The minimum atomic E-state index is -0.626. The fraction of sp³-hybridized carbons (Fsp3) is 0.615. The molecular weight excluding hydrogens is 392 g/mol. The van der Waals surface area contributed by atoms with Crippen molar-refractivity contribution in [1.29, 1.82) is 0 Å². The number of rotatable bonds is 6. The maximum absolute atomic E-state index is 12.9. The Hall–Kier alpha value is -2.14. The summed E-state index contributed by atoms with van der Waals surface area (Å²) >= 11 is 0. The van der Waals surface area contributed by atoms with Crippen molar-refractivity contribution in [2.24, 2.45) is 23.7 Å². The molecule has 0 amide bonds. The molecule has 5 nitrogen and oxygen atoms in total. The number of fused-ring (bicyclic) bond motifs is 4. The zero-order valence-electron chi connectivity index (χ0n) is 19.0. The van der Waals surface area contributed by atoms with Gasteiger partial charge in [-0.2, -0.15) is 0 Å². The lowest BCUT2D eigenvalue weighted by molar-refractivity contribution is -0.231. The SMILES string of the molecule is CCC(=O)O[C@@H]1C[C@]2(C(C)C)OC1[C@@H]1CC[C@@H](C)[C@H]1[C@@H]2OC(=O)/C=C/c1ccccc1. The van der Waals surface area contributed by atoms with Crippen LogP contribution in [-0.4, -0.2) is 35.9 Å². The zero-order valence-corrected chi connectivity index (χ0v) is 19.0. The Morgan fingerprint density at radius 3 is 2.61 bits per heavy atom. The van der Waals surface area contributed by atoms with Crippen molar-refractivity contribution in [1.82, 2.24) is 0 Å². The van der Waals surface area contributed by atoms with Gasteiger partial charge in [0.1, 0.15) is 17.8 Å². The molecule has 1 saturated carbocycles. The Balaban J connectivity index is 1.61. The van der Waals surface area contributed by atoms with Gasteiger partial charge in [-0.25, -0.2) is 4.79 Å². The van der Waals surface area contributed by atoms with Crippen molar-refractivity contribution >= 4 is 18.0 Å². The highest BCUT2D eigenvalue weighted by molar-refractivity contribution is 5.87. The minimum absolute atomic E-state index is 0.109. The van der Waals surface area contributed by atoms with Crippen molar-refractivity contribution in [3.63, 3.8) is 0 Å². The number of carbonyl (C=O) groups excluding carboxylic acids is 2. The first kappa shape index (κ1) is 22.1. The third-order valence-corrected chi connectivity index (χ3v) is 7.61. The molecule has 0 N–H and O–H groups in total. The summed E-state index contributed by atoms with van der Waals surface area (Å²) in [5.74, 6) is 0.497.